The molecule has 1 saturated carbocycles. The Morgan fingerprint density at radius 2 is 1.58 bits per heavy atom. The zero-order chi connectivity index (χ0) is 22.1. The molecule has 2 amide bonds. The first-order chi connectivity index (χ1) is 15.2. The third-order valence-corrected chi connectivity index (χ3v) is 5.24. The van der Waals surface area contributed by atoms with Gasteiger partial charge in [-0.3, -0.25) is 14.6 Å². The van der Waals surface area contributed by atoms with Crippen molar-refractivity contribution in [2.75, 3.05) is 7.11 Å². The summed E-state index contributed by atoms with van der Waals surface area (Å²) in [6.45, 7) is 0.371. The lowest BCUT2D eigenvalue weighted by Gasteiger charge is -2.26. The fraction of sp³-hybridized carbons (Fsp3) is 0.240. The molecule has 1 aromatic heterocycles. The molecule has 0 radical (unpaired) electrons. The van der Waals surface area contributed by atoms with E-state index in [1.807, 2.05) is 54.6 Å². The molecule has 3 N–H and O–H groups in total. The third-order valence-electron chi connectivity index (χ3n) is 5.24. The van der Waals surface area contributed by atoms with E-state index in [0.29, 0.717) is 23.7 Å². The van der Waals surface area contributed by atoms with Crippen LogP contribution in [-0.4, -0.2) is 35.1 Å². The van der Waals surface area contributed by atoms with Crippen LogP contribution in [0.15, 0.2) is 73.1 Å². The Morgan fingerprint density at radius 1 is 0.903 bits per heavy atom. The van der Waals surface area contributed by atoms with Gasteiger partial charge in [0.25, 0.3) is 11.8 Å². The van der Waals surface area contributed by atoms with E-state index >= 15 is 0 Å². The van der Waals surface area contributed by atoms with Crippen LogP contribution < -0.4 is 10.6 Å². The maximum Gasteiger partial charge on any atom is 0.251 e. The lowest BCUT2D eigenvalue weighted by molar-refractivity contribution is 0.0916. The minimum Gasteiger partial charge on any atom is -0.400 e. The predicted molar refractivity (Wildman–Crippen MR) is 121 cm³/mol. The monoisotopic (exact) mass is 417 g/mol. The molecule has 1 aliphatic carbocycles. The topological polar surface area (TPSA) is 91.3 Å². The first kappa shape index (κ1) is 22.2. The number of carbonyl (C=O) groups is 2. The average Bonchev–Trinajstić information content (AvgIpc) is 2.82. The van der Waals surface area contributed by atoms with Gasteiger partial charge in [0.2, 0.25) is 0 Å². The molecule has 6 nitrogen and oxygen atoms in total. The minimum atomic E-state index is -0.143. The van der Waals surface area contributed by atoms with E-state index in [0.717, 1.165) is 36.6 Å². The Balaban J connectivity index is 0.00000132. The highest BCUT2D eigenvalue weighted by atomic mass is 16.2. The largest absolute Gasteiger partial charge is 0.400 e. The second kappa shape index (κ2) is 11.0. The van der Waals surface area contributed by atoms with Gasteiger partial charge in [0.05, 0.1) is 0 Å². The smallest absolute Gasteiger partial charge is 0.251 e. The first-order valence-electron chi connectivity index (χ1n) is 10.3. The molecular weight excluding hydrogens is 390 g/mol. The van der Waals surface area contributed by atoms with Gasteiger partial charge < -0.3 is 15.7 Å². The van der Waals surface area contributed by atoms with Crippen LogP contribution in [0.1, 0.15) is 45.5 Å². The highest BCUT2D eigenvalue weighted by Crippen LogP contribution is 2.20. The maximum absolute atomic E-state index is 12.5. The molecule has 0 atom stereocenters. The van der Waals surface area contributed by atoms with Gasteiger partial charge in [-0.05, 0) is 72.4 Å². The Bertz CT molecular complexity index is 1000. The van der Waals surface area contributed by atoms with Crippen LogP contribution in [-0.2, 0) is 6.54 Å². The summed E-state index contributed by atoms with van der Waals surface area (Å²) in [5.41, 5.74) is 4.22. The number of aliphatic hydroxyl groups is 1. The van der Waals surface area contributed by atoms with Gasteiger partial charge >= 0.3 is 0 Å². The Labute approximate surface area is 182 Å². The van der Waals surface area contributed by atoms with E-state index in [1.54, 1.807) is 18.5 Å². The molecule has 31 heavy (non-hydrogen) atoms. The third kappa shape index (κ3) is 5.99. The zero-order valence-electron chi connectivity index (χ0n) is 17.5. The molecule has 1 heterocycles. The summed E-state index contributed by atoms with van der Waals surface area (Å²) in [6.07, 6.45) is 6.79. The van der Waals surface area contributed by atoms with Crippen molar-refractivity contribution in [2.45, 2.75) is 31.8 Å². The molecule has 0 spiro atoms. The van der Waals surface area contributed by atoms with Gasteiger partial charge in [-0.15, -0.1) is 0 Å². The summed E-state index contributed by atoms with van der Waals surface area (Å²) in [7, 11) is 1.00. The Hall–Kier alpha value is -3.51. The van der Waals surface area contributed by atoms with E-state index in [9.17, 15) is 9.59 Å². The average molecular weight is 418 g/mol. The number of hydrogen-bond donors (Lipinski definition) is 3. The lowest BCUT2D eigenvalue weighted by atomic mass is 9.93. The summed E-state index contributed by atoms with van der Waals surface area (Å²) >= 11 is 0. The van der Waals surface area contributed by atoms with Gasteiger partial charge in [-0.1, -0.05) is 24.3 Å². The molecule has 2 aromatic carbocycles. The van der Waals surface area contributed by atoms with E-state index in [2.05, 4.69) is 15.6 Å². The molecule has 0 saturated heterocycles. The van der Waals surface area contributed by atoms with Crippen molar-refractivity contribution in [1.29, 1.82) is 0 Å². The van der Waals surface area contributed by atoms with Crippen LogP contribution in [0.4, 0.5) is 0 Å². The highest BCUT2D eigenvalue weighted by molar-refractivity contribution is 5.95. The molecule has 0 aliphatic heterocycles. The van der Waals surface area contributed by atoms with Crippen molar-refractivity contribution >= 4 is 11.8 Å². The number of nitrogens with zero attached hydrogens (tertiary/aromatic N) is 1. The molecular formula is C25H27N3O3. The highest BCUT2D eigenvalue weighted by Gasteiger charge is 2.20. The van der Waals surface area contributed by atoms with Gasteiger partial charge in [0.15, 0.2) is 0 Å². The quantitative estimate of drug-likeness (QED) is 0.572. The van der Waals surface area contributed by atoms with Gasteiger partial charge in [0.1, 0.15) is 0 Å². The summed E-state index contributed by atoms with van der Waals surface area (Å²) in [5.74, 6) is -0.190. The standard InChI is InChI=1S/C24H23N3O2.CH4O/c28-23(20-9-7-18(8-10-20)19-11-13-25-14-12-19)26-16-17-3-1-4-21(15-17)24(29)27-22-5-2-6-22;1-2/h1,3-4,7-15,22H,2,5-6,16H2,(H,26,28)(H,27,29);2H,1H3. The molecule has 4 rings (SSSR count). The molecule has 160 valence electrons. The van der Waals surface area contributed by atoms with Crippen LogP contribution >= 0.6 is 0 Å². The van der Waals surface area contributed by atoms with Gasteiger partial charge in [-0.2, -0.15) is 0 Å². The fourth-order valence-corrected chi connectivity index (χ4v) is 3.29. The first-order valence-corrected chi connectivity index (χ1v) is 10.3. The Kier molecular flexibility index (Phi) is 7.90. The number of aromatic nitrogens is 1. The number of pyridine rings is 1. The molecule has 3 aromatic rings. The summed E-state index contributed by atoms with van der Waals surface area (Å²) in [6, 6.07) is 19.0. The van der Waals surface area contributed by atoms with Crippen LogP contribution in [0.2, 0.25) is 0 Å². The normalized spacial score (nSPS) is 12.7. The molecule has 1 fully saturated rings. The second-order valence-electron chi connectivity index (χ2n) is 7.30. The molecule has 0 bridgehead atoms. The van der Waals surface area contributed by atoms with Crippen molar-refractivity contribution in [3.8, 4) is 11.1 Å². The van der Waals surface area contributed by atoms with E-state index < -0.39 is 0 Å². The van der Waals surface area contributed by atoms with Gasteiger partial charge in [0, 0.05) is 43.2 Å². The number of nitrogens with one attached hydrogen (secondary N) is 2. The number of hydrogen-bond acceptors (Lipinski definition) is 4. The van der Waals surface area contributed by atoms with Crippen molar-refractivity contribution in [1.82, 2.24) is 15.6 Å². The second-order valence-corrected chi connectivity index (χ2v) is 7.30. The molecule has 6 heteroatoms. The summed E-state index contributed by atoms with van der Waals surface area (Å²) < 4.78 is 0. The lowest BCUT2D eigenvalue weighted by Crippen LogP contribution is -2.39. The number of amides is 2. The molecule has 0 unspecified atom stereocenters. The van der Waals surface area contributed by atoms with Gasteiger partial charge in [-0.25, -0.2) is 0 Å². The van der Waals surface area contributed by atoms with Crippen LogP contribution in [0.5, 0.6) is 0 Å². The predicted octanol–water partition coefficient (Wildman–Crippen LogP) is 3.57. The van der Waals surface area contributed by atoms with Crippen molar-refractivity contribution in [3.63, 3.8) is 0 Å². The van der Waals surface area contributed by atoms with Crippen molar-refractivity contribution in [3.05, 3.63) is 89.7 Å². The fourth-order valence-electron chi connectivity index (χ4n) is 3.29. The van der Waals surface area contributed by atoms with E-state index in [-0.39, 0.29) is 11.8 Å². The molecule has 1 aliphatic rings. The van der Waals surface area contributed by atoms with Crippen molar-refractivity contribution in [2.24, 2.45) is 0 Å². The minimum absolute atomic E-state index is 0.0467. The van der Waals surface area contributed by atoms with Crippen LogP contribution in [0, 0.1) is 0 Å². The zero-order valence-corrected chi connectivity index (χ0v) is 17.5. The SMILES string of the molecule is CO.O=C(NCc1cccc(C(=O)NC2CCC2)c1)c1ccc(-c2ccncc2)cc1. The van der Waals surface area contributed by atoms with E-state index in [1.165, 1.54) is 6.42 Å². The summed E-state index contributed by atoms with van der Waals surface area (Å²) in [5, 5.41) is 13.0. The Morgan fingerprint density at radius 3 is 2.23 bits per heavy atom. The number of rotatable bonds is 6. The van der Waals surface area contributed by atoms with Crippen LogP contribution in [0.25, 0.3) is 11.1 Å². The van der Waals surface area contributed by atoms with Crippen LogP contribution in [0.3, 0.4) is 0 Å². The number of benzene rings is 2. The maximum atomic E-state index is 12.5. The number of aliphatic hydroxyl groups excluding tert-OH is 1. The van der Waals surface area contributed by atoms with Crippen molar-refractivity contribution < 1.29 is 14.7 Å². The summed E-state index contributed by atoms with van der Waals surface area (Å²) in [4.78, 5) is 28.8. The van der Waals surface area contributed by atoms with E-state index in [4.69, 9.17) is 5.11 Å². The number of carbonyl (C=O) groups excluding carboxylic acids is 2.